The Labute approximate surface area is 90.2 Å². The molecule has 0 N–H and O–H groups in total. The first-order valence-electron chi connectivity index (χ1n) is 4.44. The molecule has 1 saturated heterocycles. The number of hydrogen-bond acceptors (Lipinski definition) is 3. The van der Waals surface area contributed by atoms with Crippen LogP contribution < -0.4 is 0 Å². The van der Waals surface area contributed by atoms with Gasteiger partial charge in [-0.3, -0.25) is 4.79 Å². The summed E-state index contributed by atoms with van der Waals surface area (Å²) in [6.45, 7) is 1.35. The highest BCUT2D eigenvalue weighted by atomic mass is 79.9. The Morgan fingerprint density at radius 1 is 1.71 bits per heavy atom. The predicted octanol–water partition coefficient (Wildman–Crippen LogP) is 0.311. The number of nitrogens with zero attached hydrogens (tertiary/aromatic N) is 4. The summed E-state index contributed by atoms with van der Waals surface area (Å²) >= 11 is 3.33. The van der Waals surface area contributed by atoms with Crippen LogP contribution in [0.25, 0.3) is 0 Å². The maximum absolute atomic E-state index is 11.6. The minimum atomic E-state index is -0.0178. The summed E-state index contributed by atoms with van der Waals surface area (Å²) < 4.78 is 1.83. The van der Waals surface area contributed by atoms with Crippen LogP contribution in [0.3, 0.4) is 0 Å². The number of amides is 1. The molecule has 1 aromatic heterocycles. The maximum atomic E-state index is 11.6. The number of rotatable bonds is 2. The third kappa shape index (κ3) is 1.66. The van der Waals surface area contributed by atoms with Crippen molar-refractivity contribution in [1.82, 2.24) is 19.7 Å². The van der Waals surface area contributed by atoms with Gasteiger partial charge in [0.25, 0.3) is 0 Å². The van der Waals surface area contributed by atoms with Crippen LogP contribution in [0.1, 0.15) is 12.2 Å². The van der Waals surface area contributed by atoms with Crippen LogP contribution in [0.2, 0.25) is 0 Å². The normalized spacial score (nSPS) is 22.0. The Morgan fingerprint density at radius 3 is 3.00 bits per heavy atom. The van der Waals surface area contributed by atoms with Crippen LogP contribution in [-0.4, -0.2) is 36.9 Å². The molecule has 1 atom stereocenters. The lowest BCUT2D eigenvalue weighted by molar-refractivity contribution is -0.127. The van der Waals surface area contributed by atoms with Crippen LogP contribution in [0.5, 0.6) is 0 Å². The van der Waals surface area contributed by atoms with Crippen molar-refractivity contribution >= 4 is 21.8 Å². The molecular weight excluding hydrogens is 248 g/mol. The van der Waals surface area contributed by atoms with Gasteiger partial charge in [0.05, 0.1) is 11.4 Å². The molecule has 1 aliphatic rings. The molecule has 1 unspecified atom stereocenters. The fourth-order valence-electron chi connectivity index (χ4n) is 1.48. The van der Waals surface area contributed by atoms with E-state index in [1.165, 1.54) is 0 Å². The lowest BCUT2D eigenvalue weighted by Crippen LogP contribution is -2.28. The first-order valence-corrected chi connectivity index (χ1v) is 5.36. The summed E-state index contributed by atoms with van der Waals surface area (Å²) in [7, 11) is 1.88. The second-order valence-corrected chi connectivity index (χ2v) is 4.48. The lowest BCUT2D eigenvalue weighted by Gasteiger charge is -2.14. The van der Waals surface area contributed by atoms with Gasteiger partial charge in [0.1, 0.15) is 6.33 Å². The number of carbonyl (C=O) groups excluding carboxylic acids is 1. The standard InChI is InChI=1S/C8H11BrN4O/c1-12-5-10-11-7(12)4-13-3-2-6(9)8(13)14/h5-6H,2-4H2,1H3. The number of halogens is 1. The summed E-state index contributed by atoms with van der Waals surface area (Å²) in [5.41, 5.74) is 0. The zero-order valence-corrected chi connectivity index (χ0v) is 9.44. The number of carbonyl (C=O) groups is 1. The van der Waals surface area contributed by atoms with Crippen LogP contribution in [0.4, 0.5) is 0 Å². The number of likely N-dealkylation sites (tertiary alicyclic amines) is 1. The number of aromatic nitrogens is 3. The third-order valence-corrected chi connectivity index (χ3v) is 3.22. The molecular formula is C8H11BrN4O. The molecule has 1 aliphatic heterocycles. The zero-order valence-electron chi connectivity index (χ0n) is 7.85. The van der Waals surface area contributed by atoms with Crippen molar-refractivity contribution in [2.75, 3.05) is 6.54 Å². The van der Waals surface area contributed by atoms with Gasteiger partial charge in [-0.05, 0) is 6.42 Å². The van der Waals surface area contributed by atoms with E-state index in [1.54, 1.807) is 11.2 Å². The molecule has 5 nitrogen and oxygen atoms in total. The summed E-state index contributed by atoms with van der Waals surface area (Å²) in [4.78, 5) is 13.3. The first kappa shape index (κ1) is 9.64. The Balaban J connectivity index is 2.06. The highest BCUT2D eigenvalue weighted by Crippen LogP contribution is 2.19. The fourth-order valence-corrected chi connectivity index (χ4v) is 1.97. The maximum Gasteiger partial charge on any atom is 0.236 e. The van der Waals surface area contributed by atoms with E-state index >= 15 is 0 Å². The average molecular weight is 259 g/mol. The monoisotopic (exact) mass is 258 g/mol. The number of aryl methyl sites for hydroxylation is 1. The molecule has 2 rings (SSSR count). The van der Waals surface area contributed by atoms with Gasteiger partial charge in [-0.25, -0.2) is 0 Å². The highest BCUT2D eigenvalue weighted by Gasteiger charge is 2.29. The van der Waals surface area contributed by atoms with E-state index in [2.05, 4.69) is 26.1 Å². The van der Waals surface area contributed by atoms with Crippen molar-refractivity contribution in [3.63, 3.8) is 0 Å². The van der Waals surface area contributed by atoms with Gasteiger partial charge in [-0.1, -0.05) is 15.9 Å². The molecule has 2 heterocycles. The molecule has 1 amide bonds. The summed E-state index contributed by atoms with van der Waals surface area (Å²) in [6.07, 6.45) is 2.51. The van der Waals surface area contributed by atoms with Crippen LogP contribution >= 0.6 is 15.9 Å². The Bertz CT molecular complexity index is 351. The number of hydrogen-bond donors (Lipinski definition) is 0. The van der Waals surface area contributed by atoms with E-state index in [4.69, 9.17) is 0 Å². The topological polar surface area (TPSA) is 51.0 Å². The molecule has 0 aromatic carbocycles. The SMILES string of the molecule is Cn1cnnc1CN1CCC(Br)C1=O. The summed E-state index contributed by atoms with van der Waals surface area (Å²) in [5, 5.41) is 7.71. The van der Waals surface area contributed by atoms with Crippen molar-refractivity contribution in [2.45, 2.75) is 17.8 Å². The fraction of sp³-hybridized carbons (Fsp3) is 0.625. The van der Waals surface area contributed by atoms with Crippen molar-refractivity contribution in [3.8, 4) is 0 Å². The van der Waals surface area contributed by atoms with Crippen LogP contribution in [-0.2, 0) is 18.4 Å². The van der Waals surface area contributed by atoms with Gasteiger partial charge in [0, 0.05) is 13.6 Å². The average Bonchev–Trinajstić information content (AvgIpc) is 2.68. The lowest BCUT2D eigenvalue weighted by atomic mass is 10.4. The van der Waals surface area contributed by atoms with Gasteiger partial charge in [-0.15, -0.1) is 10.2 Å². The summed E-state index contributed by atoms with van der Waals surface area (Å²) in [5.74, 6) is 0.966. The van der Waals surface area contributed by atoms with E-state index in [0.717, 1.165) is 18.8 Å². The Hall–Kier alpha value is -0.910. The first-order chi connectivity index (χ1) is 6.68. The van der Waals surface area contributed by atoms with Crippen LogP contribution in [0, 0.1) is 0 Å². The van der Waals surface area contributed by atoms with Crippen LogP contribution in [0.15, 0.2) is 6.33 Å². The molecule has 76 valence electrons. The molecule has 1 aromatic rings. The Morgan fingerprint density at radius 2 is 2.50 bits per heavy atom. The van der Waals surface area contributed by atoms with E-state index in [-0.39, 0.29) is 10.7 Å². The number of alkyl halides is 1. The van der Waals surface area contributed by atoms with Crippen molar-refractivity contribution in [1.29, 1.82) is 0 Å². The second-order valence-electron chi connectivity index (χ2n) is 3.37. The van der Waals surface area contributed by atoms with Gasteiger partial charge in [0.2, 0.25) is 5.91 Å². The van der Waals surface area contributed by atoms with Gasteiger partial charge in [0.15, 0.2) is 5.82 Å². The smallest absolute Gasteiger partial charge is 0.236 e. The molecule has 14 heavy (non-hydrogen) atoms. The molecule has 0 spiro atoms. The van der Waals surface area contributed by atoms with Gasteiger partial charge >= 0.3 is 0 Å². The summed E-state index contributed by atoms with van der Waals surface area (Å²) in [6, 6.07) is 0. The molecule has 1 fully saturated rings. The van der Waals surface area contributed by atoms with E-state index in [9.17, 15) is 4.79 Å². The van der Waals surface area contributed by atoms with Crippen molar-refractivity contribution in [3.05, 3.63) is 12.2 Å². The zero-order chi connectivity index (χ0) is 10.1. The van der Waals surface area contributed by atoms with Gasteiger partial charge in [-0.2, -0.15) is 0 Å². The minimum absolute atomic E-state index is 0.0178. The van der Waals surface area contributed by atoms with Gasteiger partial charge < -0.3 is 9.47 Å². The van der Waals surface area contributed by atoms with Crippen molar-refractivity contribution in [2.24, 2.45) is 7.05 Å². The second kappa shape index (κ2) is 3.68. The van der Waals surface area contributed by atoms with Crippen molar-refractivity contribution < 1.29 is 4.79 Å². The third-order valence-electron chi connectivity index (χ3n) is 2.37. The molecule has 0 aliphatic carbocycles. The molecule has 0 bridgehead atoms. The largest absolute Gasteiger partial charge is 0.334 e. The molecule has 0 radical (unpaired) electrons. The predicted molar refractivity (Wildman–Crippen MR) is 53.8 cm³/mol. The quantitative estimate of drug-likeness (QED) is 0.718. The Kier molecular flexibility index (Phi) is 2.54. The van der Waals surface area contributed by atoms with E-state index in [1.807, 2.05) is 11.6 Å². The minimum Gasteiger partial charge on any atom is -0.334 e. The molecule has 0 saturated carbocycles. The van der Waals surface area contributed by atoms with E-state index in [0.29, 0.717) is 6.54 Å². The molecule has 6 heteroatoms. The highest BCUT2D eigenvalue weighted by molar-refractivity contribution is 9.10. The van der Waals surface area contributed by atoms with E-state index < -0.39 is 0 Å².